The van der Waals surface area contributed by atoms with Gasteiger partial charge in [-0.1, -0.05) is 120 Å². The molecule has 0 aromatic rings. The van der Waals surface area contributed by atoms with Crippen molar-refractivity contribution in [2.75, 3.05) is 20.6 Å². The van der Waals surface area contributed by atoms with E-state index in [1.165, 1.54) is 135 Å². The molecule has 0 aliphatic carbocycles. The van der Waals surface area contributed by atoms with Crippen LogP contribution in [0, 0.1) is 5.92 Å². The zero-order valence-electron chi connectivity index (χ0n) is 25.0. The van der Waals surface area contributed by atoms with E-state index in [-0.39, 0.29) is 0 Å². The second-order valence-electron chi connectivity index (χ2n) is 11.2. The van der Waals surface area contributed by atoms with Crippen LogP contribution in [0.1, 0.15) is 148 Å². The lowest BCUT2D eigenvalue weighted by molar-refractivity contribution is 0.286. The van der Waals surface area contributed by atoms with Crippen LogP contribution in [0.2, 0.25) is 0 Å². The van der Waals surface area contributed by atoms with Crippen LogP contribution in [0.5, 0.6) is 0 Å². The number of hydrogen-bond donors (Lipinski definition) is 0. The summed E-state index contributed by atoms with van der Waals surface area (Å²) in [6.07, 6.45) is 45.8. The molecular formula is C35H65N. The summed E-state index contributed by atoms with van der Waals surface area (Å²) < 4.78 is 0. The molecule has 210 valence electrons. The Morgan fingerprint density at radius 3 is 1.44 bits per heavy atom. The standard InChI is InChI=1S/C35H65N/c1-5-7-9-11-13-15-16-17-18-19-20-21-22-23-25-27-29-31-33-35(34-36(3)4)32-30-28-26-24-14-12-10-8-6-2/h5-6,8,13,15,17-18,35H,1,7,9-12,14,16,19-34H2,2-4H3/b8-6+,15-13-,18-17-. The maximum Gasteiger partial charge on any atom is 0.000356 e. The van der Waals surface area contributed by atoms with Crippen LogP contribution in [0.4, 0.5) is 0 Å². The van der Waals surface area contributed by atoms with Crippen molar-refractivity contribution in [1.29, 1.82) is 0 Å². The van der Waals surface area contributed by atoms with Gasteiger partial charge < -0.3 is 4.90 Å². The second-order valence-corrected chi connectivity index (χ2v) is 11.2. The van der Waals surface area contributed by atoms with E-state index in [1.807, 2.05) is 6.08 Å². The molecule has 0 saturated carbocycles. The molecule has 1 unspecified atom stereocenters. The van der Waals surface area contributed by atoms with Gasteiger partial charge in [-0.2, -0.15) is 0 Å². The molecule has 0 aliphatic rings. The number of rotatable bonds is 28. The lowest BCUT2D eigenvalue weighted by atomic mass is 9.93. The van der Waals surface area contributed by atoms with Crippen molar-refractivity contribution in [2.45, 2.75) is 148 Å². The van der Waals surface area contributed by atoms with Crippen molar-refractivity contribution < 1.29 is 0 Å². The van der Waals surface area contributed by atoms with E-state index in [2.05, 4.69) is 69.0 Å². The Labute approximate surface area is 228 Å². The Hall–Kier alpha value is -1.08. The summed E-state index contributed by atoms with van der Waals surface area (Å²) in [6, 6.07) is 0. The first-order valence-corrected chi connectivity index (χ1v) is 15.9. The van der Waals surface area contributed by atoms with Gasteiger partial charge in [-0.05, 0) is 91.1 Å². The zero-order valence-corrected chi connectivity index (χ0v) is 25.0. The van der Waals surface area contributed by atoms with Gasteiger partial charge in [-0.15, -0.1) is 6.58 Å². The maximum atomic E-state index is 3.77. The highest BCUT2D eigenvalue weighted by atomic mass is 15.1. The highest BCUT2D eigenvalue weighted by molar-refractivity contribution is 4.93. The van der Waals surface area contributed by atoms with Crippen molar-refractivity contribution in [3.63, 3.8) is 0 Å². The van der Waals surface area contributed by atoms with Crippen LogP contribution in [0.15, 0.2) is 49.1 Å². The zero-order chi connectivity index (χ0) is 26.4. The van der Waals surface area contributed by atoms with Gasteiger partial charge in [0.1, 0.15) is 0 Å². The van der Waals surface area contributed by atoms with Crippen LogP contribution in [-0.2, 0) is 0 Å². The minimum Gasteiger partial charge on any atom is -0.309 e. The smallest absolute Gasteiger partial charge is 0.000356 e. The predicted octanol–water partition coefficient (Wildman–Crippen LogP) is 11.6. The molecule has 1 nitrogen and oxygen atoms in total. The van der Waals surface area contributed by atoms with Gasteiger partial charge in [-0.25, -0.2) is 0 Å². The van der Waals surface area contributed by atoms with Crippen molar-refractivity contribution >= 4 is 0 Å². The van der Waals surface area contributed by atoms with Crippen molar-refractivity contribution in [3.05, 3.63) is 49.1 Å². The van der Waals surface area contributed by atoms with Crippen molar-refractivity contribution in [1.82, 2.24) is 4.90 Å². The third kappa shape index (κ3) is 29.2. The van der Waals surface area contributed by atoms with Gasteiger partial charge in [-0.3, -0.25) is 0 Å². The SMILES string of the molecule is C=CCCC/C=C\C/C=C\CCCCCCCCCCC(CCCCCCCC/C=C/C)CN(C)C. The molecule has 36 heavy (non-hydrogen) atoms. The topological polar surface area (TPSA) is 3.24 Å². The Balaban J connectivity index is 3.55. The van der Waals surface area contributed by atoms with E-state index in [4.69, 9.17) is 0 Å². The normalized spacial score (nSPS) is 13.1. The lowest BCUT2D eigenvalue weighted by Crippen LogP contribution is -2.21. The number of allylic oxidation sites excluding steroid dienone is 7. The fourth-order valence-electron chi connectivity index (χ4n) is 5.05. The fourth-order valence-corrected chi connectivity index (χ4v) is 5.05. The molecule has 0 fully saturated rings. The maximum absolute atomic E-state index is 3.77. The van der Waals surface area contributed by atoms with Gasteiger partial charge in [0, 0.05) is 6.54 Å². The summed E-state index contributed by atoms with van der Waals surface area (Å²) in [5, 5.41) is 0. The second kappa shape index (κ2) is 30.1. The average Bonchev–Trinajstić information content (AvgIpc) is 2.86. The van der Waals surface area contributed by atoms with Gasteiger partial charge in [0.2, 0.25) is 0 Å². The Bertz CT molecular complexity index is 513. The first kappa shape index (κ1) is 34.9. The van der Waals surface area contributed by atoms with E-state index in [0.29, 0.717) is 0 Å². The minimum atomic E-state index is 0.912. The van der Waals surface area contributed by atoms with E-state index in [1.54, 1.807) is 0 Å². The molecule has 1 heteroatoms. The highest BCUT2D eigenvalue weighted by Gasteiger charge is 2.09. The molecule has 0 heterocycles. The van der Waals surface area contributed by atoms with Crippen LogP contribution < -0.4 is 0 Å². The fraction of sp³-hybridized carbons (Fsp3) is 0.771. The van der Waals surface area contributed by atoms with Crippen molar-refractivity contribution in [2.24, 2.45) is 5.92 Å². The monoisotopic (exact) mass is 500 g/mol. The molecule has 1 atom stereocenters. The Morgan fingerprint density at radius 1 is 0.528 bits per heavy atom. The van der Waals surface area contributed by atoms with Gasteiger partial charge in [0.25, 0.3) is 0 Å². The third-order valence-electron chi connectivity index (χ3n) is 7.21. The molecule has 0 saturated heterocycles. The van der Waals surface area contributed by atoms with Crippen LogP contribution >= 0.6 is 0 Å². The Morgan fingerprint density at radius 2 is 0.972 bits per heavy atom. The summed E-state index contributed by atoms with van der Waals surface area (Å²) in [4.78, 5) is 2.41. The molecule has 0 aliphatic heterocycles. The number of hydrogen-bond acceptors (Lipinski definition) is 1. The molecule has 0 aromatic carbocycles. The van der Waals surface area contributed by atoms with Crippen LogP contribution in [0.3, 0.4) is 0 Å². The predicted molar refractivity (Wildman–Crippen MR) is 167 cm³/mol. The lowest BCUT2D eigenvalue weighted by Gasteiger charge is -2.21. The number of nitrogens with zero attached hydrogens (tertiary/aromatic N) is 1. The molecule has 0 spiro atoms. The van der Waals surface area contributed by atoms with Gasteiger partial charge in [0.15, 0.2) is 0 Å². The van der Waals surface area contributed by atoms with Crippen LogP contribution in [0.25, 0.3) is 0 Å². The van der Waals surface area contributed by atoms with E-state index in [9.17, 15) is 0 Å². The summed E-state index contributed by atoms with van der Waals surface area (Å²) in [5.41, 5.74) is 0. The molecule has 0 aromatic heterocycles. The first-order valence-electron chi connectivity index (χ1n) is 15.9. The molecule has 0 amide bonds. The van der Waals surface area contributed by atoms with Gasteiger partial charge in [0.05, 0.1) is 0 Å². The van der Waals surface area contributed by atoms with Gasteiger partial charge >= 0.3 is 0 Å². The quantitative estimate of drug-likeness (QED) is 0.0764. The number of unbranched alkanes of at least 4 members (excludes halogenated alkanes) is 16. The van der Waals surface area contributed by atoms with E-state index < -0.39 is 0 Å². The summed E-state index contributed by atoms with van der Waals surface area (Å²) in [7, 11) is 4.50. The van der Waals surface area contributed by atoms with Crippen LogP contribution in [-0.4, -0.2) is 25.5 Å². The minimum absolute atomic E-state index is 0.912. The Kier molecular flexibility index (Phi) is 29.2. The molecule has 0 N–H and O–H groups in total. The average molecular weight is 500 g/mol. The molecular weight excluding hydrogens is 434 g/mol. The molecule has 0 bridgehead atoms. The first-order chi connectivity index (χ1) is 17.7. The molecule has 0 rings (SSSR count). The largest absolute Gasteiger partial charge is 0.309 e. The highest BCUT2D eigenvalue weighted by Crippen LogP contribution is 2.20. The summed E-state index contributed by atoms with van der Waals surface area (Å²) in [6.45, 7) is 7.18. The molecule has 0 radical (unpaired) electrons. The third-order valence-corrected chi connectivity index (χ3v) is 7.21. The van der Waals surface area contributed by atoms with E-state index in [0.717, 1.165) is 18.8 Å². The van der Waals surface area contributed by atoms with Crippen molar-refractivity contribution in [3.8, 4) is 0 Å². The summed E-state index contributed by atoms with van der Waals surface area (Å²) >= 11 is 0. The van der Waals surface area contributed by atoms with E-state index >= 15 is 0 Å². The summed E-state index contributed by atoms with van der Waals surface area (Å²) in [5.74, 6) is 0.912.